The van der Waals surface area contributed by atoms with Crippen molar-refractivity contribution in [2.24, 2.45) is 5.92 Å². The molecule has 3 heterocycles. The van der Waals surface area contributed by atoms with Crippen LogP contribution in [0.1, 0.15) is 58.8 Å². The smallest absolute Gasteiger partial charge is 0.309 e. The molecule has 8 heteroatoms. The number of ether oxygens (including phenoxy) is 2. The van der Waals surface area contributed by atoms with Gasteiger partial charge in [-0.25, -0.2) is 0 Å². The molecule has 0 aliphatic carbocycles. The molecule has 8 nitrogen and oxygen atoms in total. The van der Waals surface area contributed by atoms with Gasteiger partial charge < -0.3 is 24.3 Å². The quantitative estimate of drug-likeness (QED) is 0.632. The van der Waals surface area contributed by atoms with Crippen molar-refractivity contribution in [1.82, 2.24) is 14.8 Å². The number of piperidine rings is 1. The third-order valence-corrected chi connectivity index (χ3v) is 6.98. The van der Waals surface area contributed by atoms with Gasteiger partial charge in [-0.3, -0.25) is 14.4 Å². The number of nitrogens with zero attached hydrogens (tertiary/aromatic N) is 2. The molecule has 182 valence electrons. The van der Waals surface area contributed by atoms with Crippen molar-refractivity contribution < 1.29 is 23.9 Å². The lowest BCUT2D eigenvalue weighted by Crippen LogP contribution is -2.51. The zero-order chi connectivity index (χ0) is 24.2. The molecule has 2 unspecified atom stereocenters. The van der Waals surface area contributed by atoms with Gasteiger partial charge in [0.25, 0.3) is 5.91 Å². The molecule has 0 spiro atoms. The number of aromatic nitrogens is 1. The minimum atomic E-state index is -0.542. The number of hydrogen-bond donors (Lipinski definition) is 1. The minimum Gasteiger partial charge on any atom is -0.466 e. The highest BCUT2D eigenvalue weighted by Gasteiger charge is 2.46. The fourth-order valence-corrected chi connectivity index (χ4v) is 5.20. The van der Waals surface area contributed by atoms with Crippen molar-refractivity contribution in [2.45, 2.75) is 38.6 Å². The van der Waals surface area contributed by atoms with Crippen molar-refractivity contribution in [3.63, 3.8) is 0 Å². The lowest BCUT2D eigenvalue weighted by atomic mass is 9.78. The van der Waals surface area contributed by atoms with E-state index in [0.717, 1.165) is 16.7 Å². The van der Waals surface area contributed by atoms with Crippen LogP contribution in [-0.2, 0) is 19.1 Å². The summed E-state index contributed by atoms with van der Waals surface area (Å²) in [6, 6.07) is 6.96. The van der Waals surface area contributed by atoms with E-state index in [4.69, 9.17) is 9.47 Å². The molecule has 34 heavy (non-hydrogen) atoms. The highest BCUT2D eigenvalue weighted by molar-refractivity contribution is 6.01. The Kier molecular flexibility index (Phi) is 7.36. The van der Waals surface area contributed by atoms with E-state index in [9.17, 15) is 14.4 Å². The maximum atomic E-state index is 14.1. The van der Waals surface area contributed by atoms with Gasteiger partial charge in [-0.1, -0.05) is 18.2 Å². The summed E-state index contributed by atoms with van der Waals surface area (Å²) in [7, 11) is 1.61. The summed E-state index contributed by atoms with van der Waals surface area (Å²) in [6.07, 6.45) is 4.94. The zero-order valence-electron chi connectivity index (χ0n) is 20.1. The number of aryl methyl sites for hydroxylation is 1. The molecule has 1 aromatic carbocycles. The van der Waals surface area contributed by atoms with E-state index < -0.39 is 12.0 Å². The molecule has 0 saturated carbocycles. The maximum absolute atomic E-state index is 14.1. The molecule has 4 rings (SSSR count). The molecule has 2 aliphatic rings. The largest absolute Gasteiger partial charge is 0.466 e. The first-order chi connectivity index (χ1) is 16.5. The van der Waals surface area contributed by atoms with E-state index in [-0.39, 0.29) is 23.7 Å². The number of aromatic amines is 1. The van der Waals surface area contributed by atoms with Gasteiger partial charge >= 0.3 is 5.97 Å². The number of nitrogens with one attached hydrogen (secondary N) is 1. The predicted molar refractivity (Wildman–Crippen MR) is 126 cm³/mol. The molecule has 1 N–H and O–H groups in total. The van der Waals surface area contributed by atoms with E-state index in [1.54, 1.807) is 25.0 Å². The summed E-state index contributed by atoms with van der Waals surface area (Å²) in [5, 5.41) is 0. The Bertz CT molecular complexity index is 1040. The number of amides is 2. The summed E-state index contributed by atoms with van der Waals surface area (Å²) in [6.45, 7) is 5.89. The molecular formula is C26H33N3O5. The summed E-state index contributed by atoms with van der Waals surface area (Å²) in [5.41, 5.74) is 3.24. The van der Waals surface area contributed by atoms with Crippen LogP contribution in [-0.4, -0.2) is 72.5 Å². The Labute approximate surface area is 200 Å². The summed E-state index contributed by atoms with van der Waals surface area (Å²) < 4.78 is 10.5. The number of methoxy groups -OCH3 is 1. The van der Waals surface area contributed by atoms with E-state index in [0.29, 0.717) is 51.3 Å². The van der Waals surface area contributed by atoms with E-state index >= 15 is 0 Å². The molecule has 0 bridgehead atoms. The molecular weight excluding hydrogens is 434 g/mol. The Morgan fingerprint density at radius 3 is 2.50 bits per heavy atom. The van der Waals surface area contributed by atoms with Gasteiger partial charge in [0.1, 0.15) is 0 Å². The number of esters is 1. The van der Waals surface area contributed by atoms with Crippen LogP contribution in [0.25, 0.3) is 0 Å². The van der Waals surface area contributed by atoms with Gasteiger partial charge in [0.05, 0.1) is 31.1 Å². The van der Waals surface area contributed by atoms with Crippen LogP contribution in [0, 0.1) is 12.8 Å². The first-order valence-electron chi connectivity index (χ1n) is 11.9. The Morgan fingerprint density at radius 2 is 1.85 bits per heavy atom. The fourth-order valence-electron chi connectivity index (χ4n) is 5.20. The molecule has 1 aromatic heterocycles. The van der Waals surface area contributed by atoms with Gasteiger partial charge in [0.15, 0.2) is 0 Å². The first kappa shape index (κ1) is 24.0. The minimum absolute atomic E-state index is 0.0183. The van der Waals surface area contributed by atoms with Crippen molar-refractivity contribution in [2.75, 3.05) is 40.0 Å². The van der Waals surface area contributed by atoms with Gasteiger partial charge in [-0.05, 0) is 49.4 Å². The standard InChI is InChI=1S/C26H33N3O5/c1-4-34-26(32)18-9-11-28(12-10-18)25(31)22-19-7-5-6-8-20(19)24(30)29(13-14-33-3)23(22)21-16-27-15-17(21)2/h5-8,15-16,18,22-23,27H,4,9-14H2,1-3H3. The number of carbonyl (C=O) groups is 3. The van der Waals surface area contributed by atoms with E-state index in [1.165, 1.54) is 0 Å². The van der Waals surface area contributed by atoms with Gasteiger partial charge in [0.2, 0.25) is 5.91 Å². The van der Waals surface area contributed by atoms with E-state index in [1.807, 2.05) is 42.4 Å². The van der Waals surface area contributed by atoms with Crippen LogP contribution < -0.4 is 0 Å². The van der Waals surface area contributed by atoms with E-state index in [2.05, 4.69) is 4.98 Å². The van der Waals surface area contributed by atoms with Crippen LogP contribution in [0.2, 0.25) is 0 Å². The first-order valence-corrected chi connectivity index (χ1v) is 11.9. The number of benzene rings is 1. The lowest BCUT2D eigenvalue weighted by molar-refractivity contribution is -0.151. The second kappa shape index (κ2) is 10.4. The maximum Gasteiger partial charge on any atom is 0.309 e. The molecule has 1 fully saturated rings. The molecule has 1 saturated heterocycles. The second-order valence-electron chi connectivity index (χ2n) is 8.95. The number of H-pyrrole nitrogens is 1. The number of carbonyl (C=O) groups excluding carboxylic acids is 3. The lowest BCUT2D eigenvalue weighted by Gasteiger charge is -2.44. The second-order valence-corrected chi connectivity index (χ2v) is 8.95. The van der Waals surface area contributed by atoms with Crippen molar-refractivity contribution >= 4 is 17.8 Å². The van der Waals surface area contributed by atoms with Crippen molar-refractivity contribution in [1.29, 1.82) is 0 Å². The van der Waals surface area contributed by atoms with Gasteiger partial charge in [-0.15, -0.1) is 0 Å². The van der Waals surface area contributed by atoms with Crippen LogP contribution in [0.3, 0.4) is 0 Å². The molecule has 0 radical (unpaired) electrons. The highest BCUT2D eigenvalue weighted by Crippen LogP contribution is 2.44. The third kappa shape index (κ3) is 4.46. The Hall–Kier alpha value is -3.13. The number of hydrogen-bond acceptors (Lipinski definition) is 5. The normalized spacial score (nSPS) is 20.9. The number of fused-ring (bicyclic) bond motifs is 1. The van der Waals surface area contributed by atoms with Crippen molar-refractivity contribution in [3.8, 4) is 0 Å². The van der Waals surface area contributed by atoms with Crippen LogP contribution >= 0.6 is 0 Å². The zero-order valence-corrected chi connectivity index (χ0v) is 20.1. The number of likely N-dealkylation sites (tertiary alicyclic amines) is 1. The van der Waals surface area contributed by atoms with Crippen LogP contribution in [0.4, 0.5) is 0 Å². The number of rotatable bonds is 7. The predicted octanol–water partition coefficient (Wildman–Crippen LogP) is 3.05. The summed E-state index contributed by atoms with van der Waals surface area (Å²) >= 11 is 0. The average molecular weight is 468 g/mol. The summed E-state index contributed by atoms with van der Waals surface area (Å²) in [4.78, 5) is 46.6. The van der Waals surface area contributed by atoms with Gasteiger partial charge in [-0.2, -0.15) is 0 Å². The third-order valence-electron chi connectivity index (χ3n) is 6.98. The SMILES string of the molecule is CCOC(=O)C1CCN(C(=O)C2c3ccccc3C(=O)N(CCOC)C2c2c[nH]cc2C)CC1. The van der Waals surface area contributed by atoms with Crippen molar-refractivity contribution in [3.05, 3.63) is 58.9 Å². The molecule has 2 atom stereocenters. The Morgan fingerprint density at radius 1 is 1.12 bits per heavy atom. The summed E-state index contributed by atoms with van der Waals surface area (Å²) in [5.74, 6) is -1.02. The fraction of sp³-hybridized carbons (Fsp3) is 0.500. The van der Waals surface area contributed by atoms with Crippen LogP contribution in [0.5, 0.6) is 0 Å². The topological polar surface area (TPSA) is 91.9 Å². The van der Waals surface area contributed by atoms with Crippen LogP contribution in [0.15, 0.2) is 36.7 Å². The molecule has 2 aliphatic heterocycles. The average Bonchev–Trinajstić information content (AvgIpc) is 3.28. The Balaban J connectivity index is 1.70. The highest BCUT2D eigenvalue weighted by atomic mass is 16.5. The molecule has 2 aromatic rings. The monoisotopic (exact) mass is 467 g/mol. The molecule has 2 amide bonds. The van der Waals surface area contributed by atoms with Gasteiger partial charge in [0, 0.05) is 44.7 Å².